The van der Waals surface area contributed by atoms with E-state index in [1.807, 2.05) is 33.9 Å². The zero-order valence-corrected chi connectivity index (χ0v) is 11.1. The van der Waals surface area contributed by atoms with Crippen LogP contribution in [0.25, 0.3) is 0 Å². The SMILES string of the molecule is CNC(COC(C)C)Cc1ccc(F)cc1C. The molecule has 0 aliphatic rings. The number of nitrogens with one attached hydrogen (secondary N) is 1. The first-order valence-electron chi connectivity index (χ1n) is 6.06. The number of hydrogen-bond donors (Lipinski definition) is 1. The molecular weight excluding hydrogens is 217 g/mol. The van der Waals surface area contributed by atoms with E-state index in [1.54, 1.807) is 6.07 Å². The third kappa shape index (κ3) is 4.84. The van der Waals surface area contributed by atoms with Crippen LogP contribution < -0.4 is 5.32 Å². The van der Waals surface area contributed by atoms with Gasteiger partial charge < -0.3 is 10.1 Å². The Labute approximate surface area is 103 Å². The summed E-state index contributed by atoms with van der Waals surface area (Å²) < 4.78 is 18.6. The van der Waals surface area contributed by atoms with E-state index in [9.17, 15) is 4.39 Å². The zero-order chi connectivity index (χ0) is 12.8. The highest BCUT2D eigenvalue weighted by Crippen LogP contribution is 2.12. The minimum atomic E-state index is -0.175. The lowest BCUT2D eigenvalue weighted by atomic mass is 10.0. The van der Waals surface area contributed by atoms with Crippen molar-refractivity contribution in [2.75, 3.05) is 13.7 Å². The highest BCUT2D eigenvalue weighted by atomic mass is 19.1. The van der Waals surface area contributed by atoms with Gasteiger partial charge in [0.2, 0.25) is 0 Å². The van der Waals surface area contributed by atoms with Crippen molar-refractivity contribution in [1.29, 1.82) is 0 Å². The molecule has 0 aliphatic carbocycles. The monoisotopic (exact) mass is 239 g/mol. The van der Waals surface area contributed by atoms with Gasteiger partial charge in [-0.25, -0.2) is 4.39 Å². The first-order chi connectivity index (χ1) is 8.02. The van der Waals surface area contributed by atoms with Crippen molar-refractivity contribution in [1.82, 2.24) is 5.32 Å². The van der Waals surface area contributed by atoms with Crippen LogP contribution in [0.5, 0.6) is 0 Å². The number of hydrogen-bond acceptors (Lipinski definition) is 2. The molecule has 0 bridgehead atoms. The van der Waals surface area contributed by atoms with Crippen LogP contribution in [0.4, 0.5) is 4.39 Å². The molecule has 1 aromatic rings. The van der Waals surface area contributed by atoms with Crippen LogP contribution in [0.1, 0.15) is 25.0 Å². The van der Waals surface area contributed by atoms with Crippen molar-refractivity contribution in [2.24, 2.45) is 0 Å². The second kappa shape index (κ2) is 6.72. The van der Waals surface area contributed by atoms with Crippen LogP contribution in [0.3, 0.4) is 0 Å². The Morgan fingerprint density at radius 2 is 2.06 bits per heavy atom. The van der Waals surface area contributed by atoms with Crippen LogP contribution in [-0.2, 0) is 11.2 Å². The van der Waals surface area contributed by atoms with E-state index >= 15 is 0 Å². The van der Waals surface area contributed by atoms with E-state index in [-0.39, 0.29) is 18.0 Å². The summed E-state index contributed by atoms with van der Waals surface area (Å²) >= 11 is 0. The maximum absolute atomic E-state index is 13.0. The predicted molar refractivity (Wildman–Crippen MR) is 68.8 cm³/mol. The average Bonchev–Trinajstić information content (AvgIpc) is 2.26. The summed E-state index contributed by atoms with van der Waals surface area (Å²) in [6.45, 7) is 6.66. The van der Waals surface area contributed by atoms with Crippen molar-refractivity contribution in [2.45, 2.75) is 39.3 Å². The third-order valence-corrected chi connectivity index (χ3v) is 2.81. The maximum Gasteiger partial charge on any atom is 0.123 e. The van der Waals surface area contributed by atoms with Crippen LogP contribution >= 0.6 is 0 Å². The second-order valence-electron chi connectivity index (χ2n) is 4.64. The first-order valence-corrected chi connectivity index (χ1v) is 6.06. The van der Waals surface area contributed by atoms with E-state index in [0.717, 1.165) is 17.5 Å². The molecule has 17 heavy (non-hydrogen) atoms. The molecule has 0 spiro atoms. The highest BCUT2D eigenvalue weighted by molar-refractivity contribution is 5.27. The lowest BCUT2D eigenvalue weighted by Crippen LogP contribution is -2.33. The molecule has 2 nitrogen and oxygen atoms in total. The summed E-state index contributed by atoms with van der Waals surface area (Å²) in [5.41, 5.74) is 2.16. The summed E-state index contributed by atoms with van der Waals surface area (Å²) in [4.78, 5) is 0. The predicted octanol–water partition coefficient (Wildman–Crippen LogP) is 2.69. The molecule has 0 heterocycles. The molecule has 0 radical (unpaired) electrons. The second-order valence-corrected chi connectivity index (χ2v) is 4.64. The van der Waals surface area contributed by atoms with Crippen molar-refractivity contribution < 1.29 is 9.13 Å². The van der Waals surface area contributed by atoms with Gasteiger partial charge >= 0.3 is 0 Å². The molecule has 1 unspecified atom stereocenters. The summed E-state index contributed by atoms with van der Waals surface area (Å²) in [5, 5.41) is 3.23. The number of aryl methyl sites for hydroxylation is 1. The minimum absolute atomic E-state index is 0.175. The molecule has 1 rings (SSSR count). The molecule has 1 aromatic carbocycles. The van der Waals surface area contributed by atoms with Gasteiger partial charge in [0.05, 0.1) is 12.7 Å². The van der Waals surface area contributed by atoms with Gasteiger partial charge in [-0.05, 0) is 57.5 Å². The van der Waals surface area contributed by atoms with E-state index < -0.39 is 0 Å². The zero-order valence-electron chi connectivity index (χ0n) is 11.1. The molecule has 0 amide bonds. The van der Waals surface area contributed by atoms with Gasteiger partial charge in [-0.2, -0.15) is 0 Å². The van der Waals surface area contributed by atoms with E-state index in [2.05, 4.69) is 5.32 Å². The molecule has 1 N–H and O–H groups in total. The van der Waals surface area contributed by atoms with Crippen LogP contribution in [0, 0.1) is 12.7 Å². The largest absolute Gasteiger partial charge is 0.377 e. The average molecular weight is 239 g/mol. The normalized spacial score (nSPS) is 13.1. The molecule has 0 aliphatic heterocycles. The van der Waals surface area contributed by atoms with Gasteiger partial charge in [-0.1, -0.05) is 6.07 Å². The number of rotatable bonds is 6. The number of benzene rings is 1. The lowest BCUT2D eigenvalue weighted by molar-refractivity contribution is 0.0627. The Balaban J connectivity index is 2.60. The number of halogens is 1. The fraction of sp³-hybridized carbons (Fsp3) is 0.571. The summed E-state index contributed by atoms with van der Waals surface area (Å²) in [7, 11) is 1.92. The maximum atomic E-state index is 13.0. The molecule has 96 valence electrons. The Morgan fingerprint density at radius 3 is 2.59 bits per heavy atom. The van der Waals surface area contributed by atoms with Crippen molar-refractivity contribution in [3.8, 4) is 0 Å². The van der Waals surface area contributed by atoms with E-state index in [1.165, 1.54) is 6.07 Å². The molecule has 0 saturated heterocycles. The van der Waals surface area contributed by atoms with Gasteiger partial charge in [0.15, 0.2) is 0 Å². The fourth-order valence-electron chi connectivity index (χ4n) is 1.71. The third-order valence-electron chi connectivity index (χ3n) is 2.81. The van der Waals surface area contributed by atoms with Gasteiger partial charge in [-0.3, -0.25) is 0 Å². The first kappa shape index (κ1) is 14.1. The standard InChI is InChI=1S/C14H22FNO/c1-10(2)17-9-14(16-4)8-12-5-6-13(15)7-11(12)3/h5-7,10,14,16H,8-9H2,1-4H3. The van der Waals surface area contributed by atoms with E-state index in [0.29, 0.717) is 6.61 Å². The Hall–Kier alpha value is -0.930. The number of likely N-dealkylation sites (N-methyl/N-ethyl adjacent to an activating group) is 1. The lowest BCUT2D eigenvalue weighted by Gasteiger charge is -2.19. The molecule has 1 atom stereocenters. The topological polar surface area (TPSA) is 21.3 Å². The van der Waals surface area contributed by atoms with Gasteiger partial charge in [0, 0.05) is 6.04 Å². The molecular formula is C14H22FNO. The van der Waals surface area contributed by atoms with Gasteiger partial charge in [-0.15, -0.1) is 0 Å². The van der Waals surface area contributed by atoms with Gasteiger partial charge in [0.1, 0.15) is 5.82 Å². The summed E-state index contributed by atoms with van der Waals surface area (Å²) in [6, 6.07) is 5.20. The van der Waals surface area contributed by atoms with Crippen LogP contribution in [-0.4, -0.2) is 25.8 Å². The van der Waals surface area contributed by atoms with Crippen molar-refractivity contribution in [3.63, 3.8) is 0 Å². The molecule has 0 fully saturated rings. The Bertz CT molecular complexity index is 352. The minimum Gasteiger partial charge on any atom is -0.377 e. The highest BCUT2D eigenvalue weighted by Gasteiger charge is 2.10. The van der Waals surface area contributed by atoms with Crippen molar-refractivity contribution in [3.05, 3.63) is 35.1 Å². The van der Waals surface area contributed by atoms with Gasteiger partial charge in [0.25, 0.3) is 0 Å². The summed E-state index contributed by atoms with van der Waals surface area (Å²) in [6.07, 6.45) is 1.09. The Morgan fingerprint density at radius 1 is 1.35 bits per heavy atom. The molecule has 3 heteroatoms. The van der Waals surface area contributed by atoms with Crippen molar-refractivity contribution >= 4 is 0 Å². The number of ether oxygens (including phenoxy) is 1. The van der Waals surface area contributed by atoms with Crippen LogP contribution in [0.15, 0.2) is 18.2 Å². The summed E-state index contributed by atoms with van der Waals surface area (Å²) in [5.74, 6) is -0.175. The Kier molecular flexibility index (Phi) is 5.59. The van der Waals surface area contributed by atoms with Crippen LogP contribution in [0.2, 0.25) is 0 Å². The molecule has 0 aromatic heterocycles. The smallest absolute Gasteiger partial charge is 0.123 e. The quantitative estimate of drug-likeness (QED) is 0.824. The molecule has 0 saturated carbocycles. The fourth-order valence-corrected chi connectivity index (χ4v) is 1.71. The van der Waals surface area contributed by atoms with E-state index in [4.69, 9.17) is 4.74 Å².